The van der Waals surface area contributed by atoms with E-state index in [1.807, 2.05) is 74.5 Å². The number of hydrogen-bond donors (Lipinski definition) is 2. The van der Waals surface area contributed by atoms with Gasteiger partial charge < -0.3 is 29.7 Å². The Balaban J connectivity index is 1.44. The fraction of sp³-hybridized carbons (Fsp3) is 0.429. The number of nitrogens with zero attached hydrogens (tertiary/aromatic N) is 2. The molecule has 10 nitrogen and oxygen atoms in total. The molecule has 0 radical (unpaired) electrons. The maximum absolute atomic E-state index is 14.9. The molecule has 6 rings (SSSR count). The number of allylic oxidation sites excluding steroid dienone is 1. The van der Waals surface area contributed by atoms with E-state index in [-0.39, 0.29) is 56.8 Å². The van der Waals surface area contributed by atoms with E-state index >= 15 is 0 Å². The van der Waals surface area contributed by atoms with E-state index in [0.29, 0.717) is 12.0 Å². The molecule has 4 heterocycles. The molecule has 10 heteroatoms. The molecule has 0 aromatic heterocycles. The molecule has 2 N–H and O–H groups in total. The summed E-state index contributed by atoms with van der Waals surface area (Å²) in [6.45, 7) is 4.11. The van der Waals surface area contributed by atoms with Crippen LogP contribution in [-0.4, -0.2) is 77.7 Å². The standard InChI is InChI=1S/C35H39N3O7/c1-22-11-9-12-23(2)30(22)37-18-8-4-7-15-27(40)36-21-26(24-13-5-3-6-14-24)44-34(43)28-25-16-17-35(45-25)29(28)32(41)38(19-10-20-39)31(35)33(37)42/h3-6,8-9,11-14,16-17,25-26,28-29,31,39H,7,10,15,18-21H2,1-2H3,(H,36,40)/b8-4-/t25-,26-,28+,29+,31-,35+/m0/s1. The van der Waals surface area contributed by atoms with Crippen molar-refractivity contribution in [1.29, 1.82) is 0 Å². The lowest BCUT2D eigenvalue weighted by atomic mass is 9.74. The Bertz CT molecular complexity index is 1520. The van der Waals surface area contributed by atoms with E-state index in [0.717, 1.165) is 16.8 Å². The van der Waals surface area contributed by atoms with Crippen molar-refractivity contribution in [3.05, 3.63) is 89.5 Å². The van der Waals surface area contributed by atoms with E-state index in [2.05, 4.69) is 5.32 Å². The number of hydrogen-bond acceptors (Lipinski definition) is 7. The highest BCUT2D eigenvalue weighted by Crippen LogP contribution is 2.56. The average molecular weight is 614 g/mol. The van der Waals surface area contributed by atoms with Crippen LogP contribution in [0.15, 0.2) is 72.8 Å². The quantitative estimate of drug-likeness (QED) is 0.393. The molecule has 1 spiro atoms. The third-order valence-electron chi connectivity index (χ3n) is 9.32. The largest absolute Gasteiger partial charge is 0.455 e. The summed E-state index contributed by atoms with van der Waals surface area (Å²) in [5.41, 5.74) is 1.85. The number of carbonyl (C=O) groups is 4. The number of aliphatic hydroxyl groups is 1. The molecule has 0 unspecified atom stereocenters. The number of aliphatic hydroxyl groups excluding tert-OH is 1. The van der Waals surface area contributed by atoms with Gasteiger partial charge in [0.25, 0.3) is 5.91 Å². The monoisotopic (exact) mass is 613 g/mol. The number of carbonyl (C=O) groups excluding carboxylic acids is 4. The van der Waals surface area contributed by atoms with Crippen molar-refractivity contribution in [2.45, 2.75) is 57.0 Å². The minimum Gasteiger partial charge on any atom is -0.455 e. The van der Waals surface area contributed by atoms with Crippen molar-refractivity contribution in [1.82, 2.24) is 10.2 Å². The first-order chi connectivity index (χ1) is 21.8. The Labute approximate surface area is 262 Å². The molecule has 0 aliphatic carbocycles. The van der Waals surface area contributed by atoms with Crippen molar-refractivity contribution >= 4 is 29.4 Å². The fourth-order valence-electron chi connectivity index (χ4n) is 7.29. The number of anilines is 1. The number of aryl methyl sites for hydroxylation is 2. The van der Waals surface area contributed by atoms with Crippen LogP contribution in [0.3, 0.4) is 0 Å². The molecule has 3 amide bonds. The topological polar surface area (TPSA) is 125 Å². The van der Waals surface area contributed by atoms with E-state index in [4.69, 9.17) is 9.47 Å². The number of esters is 1. The van der Waals surface area contributed by atoms with Gasteiger partial charge >= 0.3 is 5.97 Å². The number of fused-ring (bicyclic) bond motifs is 2. The molecule has 6 atom stereocenters. The van der Waals surface area contributed by atoms with Crippen LogP contribution in [0.5, 0.6) is 0 Å². The van der Waals surface area contributed by atoms with Crippen molar-refractivity contribution in [2.75, 3.05) is 31.1 Å². The SMILES string of the molecule is Cc1cccc(C)c1N1C/C=C\CCC(=O)NC[C@@H](c2ccccc2)OC(=O)[C@@H]2[C@@H]3C=C[C@]4(O3)[C@H](C1=O)N(CCCO)C(=O)[C@@H]24. The molecule has 5 bridgehead atoms. The van der Waals surface area contributed by atoms with Crippen molar-refractivity contribution in [3.63, 3.8) is 0 Å². The van der Waals surface area contributed by atoms with Crippen LogP contribution < -0.4 is 10.2 Å². The van der Waals surface area contributed by atoms with Gasteiger partial charge in [-0.25, -0.2) is 0 Å². The Morgan fingerprint density at radius 2 is 1.73 bits per heavy atom. The number of nitrogens with one attached hydrogen (secondary N) is 1. The highest BCUT2D eigenvalue weighted by Gasteiger charge is 2.73. The second kappa shape index (κ2) is 12.6. The molecule has 2 fully saturated rings. The predicted octanol–water partition coefficient (Wildman–Crippen LogP) is 2.92. The number of para-hydroxylation sites is 1. The minimum atomic E-state index is -1.37. The zero-order valence-electron chi connectivity index (χ0n) is 25.6. The van der Waals surface area contributed by atoms with Gasteiger partial charge in [0.2, 0.25) is 11.8 Å². The van der Waals surface area contributed by atoms with Crippen LogP contribution in [-0.2, 0) is 28.7 Å². The smallest absolute Gasteiger partial charge is 0.313 e. The van der Waals surface area contributed by atoms with E-state index < -0.39 is 41.7 Å². The number of likely N-dealkylation sites (tertiary alicyclic amines) is 1. The minimum absolute atomic E-state index is 0.0697. The lowest BCUT2D eigenvalue weighted by Gasteiger charge is -2.36. The summed E-state index contributed by atoms with van der Waals surface area (Å²) in [6, 6.07) is 13.9. The molecule has 2 aromatic carbocycles. The van der Waals surface area contributed by atoms with E-state index in [1.54, 1.807) is 17.1 Å². The number of ether oxygens (including phenoxy) is 2. The Morgan fingerprint density at radius 1 is 0.978 bits per heavy atom. The predicted molar refractivity (Wildman–Crippen MR) is 166 cm³/mol. The molecule has 236 valence electrons. The first-order valence-corrected chi connectivity index (χ1v) is 15.6. The third kappa shape index (κ3) is 5.46. The van der Waals surface area contributed by atoms with Gasteiger partial charge in [-0.3, -0.25) is 19.2 Å². The van der Waals surface area contributed by atoms with Gasteiger partial charge in [0, 0.05) is 31.8 Å². The Morgan fingerprint density at radius 3 is 2.47 bits per heavy atom. The van der Waals surface area contributed by atoms with Crippen LogP contribution in [0.25, 0.3) is 0 Å². The van der Waals surface area contributed by atoms with Gasteiger partial charge in [-0.15, -0.1) is 0 Å². The summed E-state index contributed by atoms with van der Waals surface area (Å²) in [5.74, 6) is -3.50. The molecule has 0 saturated carbocycles. The van der Waals surface area contributed by atoms with Crippen LogP contribution in [0.1, 0.15) is 42.1 Å². The molecule has 2 aromatic rings. The summed E-state index contributed by atoms with van der Waals surface area (Å²) in [4.78, 5) is 59.1. The second-order valence-corrected chi connectivity index (χ2v) is 12.1. The van der Waals surface area contributed by atoms with Crippen molar-refractivity contribution < 1.29 is 33.8 Å². The summed E-state index contributed by atoms with van der Waals surface area (Å²) in [7, 11) is 0. The molecule has 45 heavy (non-hydrogen) atoms. The normalized spacial score (nSPS) is 30.8. The van der Waals surface area contributed by atoms with E-state index in [1.165, 1.54) is 4.90 Å². The first-order valence-electron chi connectivity index (χ1n) is 15.6. The van der Waals surface area contributed by atoms with E-state index in [9.17, 15) is 24.3 Å². The number of benzene rings is 2. The highest BCUT2D eigenvalue weighted by atomic mass is 16.6. The maximum Gasteiger partial charge on any atom is 0.313 e. The lowest BCUT2D eigenvalue weighted by Crippen LogP contribution is -2.56. The Kier molecular flexibility index (Phi) is 8.61. The zero-order valence-corrected chi connectivity index (χ0v) is 25.6. The number of rotatable bonds is 5. The summed E-state index contributed by atoms with van der Waals surface area (Å²) >= 11 is 0. The molecule has 4 aliphatic rings. The van der Waals surface area contributed by atoms with Crippen LogP contribution in [0.4, 0.5) is 5.69 Å². The van der Waals surface area contributed by atoms with Crippen molar-refractivity contribution in [2.24, 2.45) is 11.8 Å². The van der Waals surface area contributed by atoms with Crippen molar-refractivity contribution in [3.8, 4) is 0 Å². The van der Waals surface area contributed by atoms with Gasteiger partial charge in [0.1, 0.15) is 23.7 Å². The number of amides is 3. The molecular weight excluding hydrogens is 574 g/mol. The van der Waals surface area contributed by atoms with Gasteiger partial charge in [-0.05, 0) is 43.4 Å². The molecule has 2 saturated heterocycles. The van der Waals surface area contributed by atoms with Gasteiger partial charge in [0.15, 0.2) is 0 Å². The lowest BCUT2D eigenvalue weighted by molar-refractivity contribution is -0.159. The van der Waals surface area contributed by atoms with Crippen LogP contribution in [0, 0.1) is 25.7 Å². The number of cyclic esters (lactones) is 1. The highest BCUT2D eigenvalue weighted by molar-refractivity contribution is 6.06. The summed E-state index contributed by atoms with van der Waals surface area (Å²) < 4.78 is 12.6. The zero-order chi connectivity index (χ0) is 31.7. The van der Waals surface area contributed by atoms with Gasteiger partial charge in [-0.1, -0.05) is 72.8 Å². The first kappa shape index (κ1) is 30.7. The fourth-order valence-corrected chi connectivity index (χ4v) is 7.29. The maximum atomic E-state index is 14.9. The van der Waals surface area contributed by atoms with Gasteiger partial charge in [-0.2, -0.15) is 0 Å². The third-order valence-corrected chi connectivity index (χ3v) is 9.32. The average Bonchev–Trinajstić information content (AvgIpc) is 3.67. The Hall–Kier alpha value is -4.28. The molecule has 4 aliphatic heterocycles. The summed E-state index contributed by atoms with van der Waals surface area (Å²) in [5, 5.41) is 12.6. The second-order valence-electron chi connectivity index (χ2n) is 12.1. The summed E-state index contributed by atoms with van der Waals surface area (Å²) in [6.07, 6.45) is 6.66. The van der Waals surface area contributed by atoms with Crippen LogP contribution >= 0.6 is 0 Å². The van der Waals surface area contributed by atoms with Crippen LogP contribution in [0.2, 0.25) is 0 Å². The molecular formula is C35H39N3O7. The van der Waals surface area contributed by atoms with Gasteiger partial charge in [0.05, 0.1) is 18.6 Å².